The number of aromatic nitrogens is 3. The fourth-order valence-electron chi connectivity index (χ4n) is 5.64. The Morgan fingerprint density at radius 1 is 0.957 bits per heavy atom. The predicted molar refractivity (Wildman–Crippen MR) is 184 cm³/mol. The van der Waals surface area contributed by atoms with E-state index in [0.717, 1.165) is 48.6 Å². The van der Waals surface area contributed by atoms with Crippen LogP contribution in [0.4, 0.5) is 22.9 Å². The Morgan fingerprint density at radius 2 is 1.70 bits per heavy atom. The molecule has 0 bridgehead atoms. The van der Waals surface area contributed by atoms with Crippen LogP contribution in [0.1, 0.15) is 52.6 Å². The normalized spacial score (nSPS) is 14.0. The van der Waals surface area contributed by atoms with E-state index < -0.39 is 0 Å². The average Bonchev–Trinajstić information content (AvgIpc) is 3.51. The van der Waals surface area contributed by atoms with E-state index in [1.807, 2.05) is 83.2 Å². The van der Waals surface area contributed by atoms with Gasteiger partial charge in [-0.05, 0) is 73.0 Å². The van der Waals surface area contributed by atoms with Crippen molar-refractivity contribution in [2.75, 3.05) is 49.6 Å². The molecule has 1 fully saturated rings. The van der Waals surface area contributed by atoms with E-state index in [9.17, 15) is 9.59 Å². The number of rotatable bonds is 6. The number of carbonyl (C=O) groups is 2. The molecule has 2 amide bonds. The lowest BCUT2D eigenvalue weighted by molar-refractivity contribution is 0.0664. The minimum Gasteiger partial charge on any atom is -0.398 e. The zero-order valence-electron chi connectivity index (χ0n) is 27.0. The van der Waals surface area contributed by atoms with Crippen molar-refractivity contribution in [1.82, 2.24) is 24.2 Å². The summed E-state index contributed by atoms with van der Waals surface area (Å²) < 4.78 is 1.91. The first-order chi connectivity index (χ1) is 22.0. The molecule has 1 aliphatic rings. The molecule has 0 spiro atoms. The maximum Gasteiger partial charge on any atom is 0.257 e. The summed E-state index contributed by atoms with van der Waals surface area (Å²) >= 11 is 0. The molecule has 3 heterocycles. The predicted octanol–water partition coefficient (Wildman–Crippen LogP) is 5.97. The third-order valence-electron chi connectivity index (χ3n) is 8.58. The number of hydrogen-bond acceptors (Lipinski definition) is 7. The van der Waals surface area contributed by atoms with E-state index in [1.54, 1.807) is 12.3 Å². The van der Waals surface area contributed by atoms with Gasteiger partial charge in [-0.3, -0.25) is 9.59 Å². The van der Waals surface area contributed by atoms with E-state index in [0.29, 0.717) is 39.7 Å². The fraction of sp³-hybridized carbons (Fsp3) is 0.278. The molecule has 0 radical (unpaired) electrons. The molecular weight excluding hydrogens is 576 g/mol. The number of nitrogens with zero attached hydrogens (tertiary/aromatic N) is 5. The maximum absolute atomic E-state index is 13.3. The van der Waals surface area contributed by atoms with Gasteiger partial charge in [-0.15, -0.1) is 0 Å². The second kappa shape index (κ2) is 12.3. The van der Waals surface area contributed by atoms with Crippen molar-refractivity contribution in [1.29, 1.82) is 0 Å². The van der Waals surface area contributed by atoms with Gasteiger partial charge in [0.2, 0.25) is 0 Å². The number of likely N-dealkylation sites (N-methyl/N-ethyl adjacent to an activating group) is 1. The van der Waals surface area contributed by atoms with Crippen LogP contribution in [0.15, 0.2) is 79.3 Å². The van der Waals surface area contributed by atoms with Gasteiger partial charge in [0, 0.05) is 73.0 Å². The average molecular weight is 617 g/mol. The number of imidazole rings is 1. The standard InChI is InChI=1S/C36H40N8O2/c1-23-27(7-6-8-30(23)41-34(45)28-14-11-25(21-29(28)37)36(2,3)4)31-22-44-16-15-38-33(44)32(40-31)39-26-12-9-24(10-13-26)35(46)43-19-17-42(5)18-20-43/h6-16,21-22H,17-20,37H2,1-5H3,(H,39,40)(H,41,45). The van der Waals surface area contributed by atoms with Crippen LogP contribution < -0.4 is 16.4 Å². The lowest BCUT2D eigenvalue weighted by Crippen LogP contribution is -2.47. The number of benzene rings is 3. The monoisotopic (exact) mass is 616 g/mol. The molecule has 3 aromatic carbocycles. The van der Waals surface area contributed by atoms with Crippen molar-refractivity contribution in [2.24, 2.45) is 0 Å². The molecule has 0 saturated carbocycles. The maximum atomic E-state index is 13.3. The van der Waals surface area contributed by atoms with Gasteiger partial charge in [0.25, 0.3) is 11.8 Å². The molecule has 236 valence electrons. The van der Waals surface area contributed by atoms with Crippen molar-refractivity contribution in [3.05, 3.63) is 102 Å². The van der Waals surface area contributed by atoms with Gasteiger partial charge < -0.3 is 30.6 Å². The zero-order valence-corrected chi connectivity index (χ0v) is 27.0. The number of piperazine rings is 1. The highest BCUT2D eigenvalue weighted by Gasteiger charge is 2.21. The molecule has 10 heteroatoms. The Hall–Kier alpha value is -5.22. The third kappa shape index (κ3) is 6.29. The van der Waals surface area contributed by atoms with Crippen LogP contribution in [0.2, 0.25) is 0 Å². The van der Waals surface area contributed by atoms with Crippen LogP contribution in [-0.2, 0) is 5.41 Å². The van der Waals surface area contributed by atoms with Crippen LogP contribution in [0.25, 0.3) is 16.9 Å². The molecule has 0 atom stereocenters. The number of hydrogen-bond donors (Lipinski definition) is 3. The van der Waals surface area contributed by atoms with Crippen LogP contribution in [-0.4, -0.2) is 69.2 Å². The molecule has 1 aliphatic heterocycles. The summed E-state index contributed by atoms with van der Waals surface area (Å²) in [6.45, 7) is 11.5. The number of amides is 2. The molecule has 10 nitrogen and oxygen atoms in total. The largest absolute Gasteiger partial charge is 0.398 e. The lowest BCUT2D eigenvalue weighted by Gasteiger charge is -2.32. The summed E-state index contributed by atoms with van der Waals surface area (Å²) in [5, 5.41) is 6.44. The van der Waals surface area contributed by atoms with Crippen molar-refractivity contribution in [3.63, 3.8) is 0 Å². The number of nitrogens with one attached hydrogen (secondary N) is 2. The minimum atomic E-state index is -0.270. The second-order valence-electron chi connectivity index (χ2n) is 12.9. The fourth-order valence-corrected chi connectivity index (χ4v) is 5.64. The van der Waals surface area contributed by atoms with E-state index >= 15 is 0 Å². The van der Waals surface area contributed by atoms with E-state index in [1.165, 1.54) is 0 Å². The summed E-state index contributed by atoms with van der Waals surface area (Å²) in [6, 6.07) is 18.8. The van der Waals surface area contributed by atoms with Crippen molar-refractivity contribution in [2.45, 2.75) is 33.1 Å². The van der Waals surface area contributed by atoms with E-state index in [-0.39, 0.29) is 17.2 Å². The molecule has 6 rings (SSSR count). The quantitative estimate of drug-likeness (QED) is 0.201. The van der Waals surface area contributed by atoms with Gasteiger partial charge in [0.05, 0.1) is 11.3 Å². The first-order valence-corrected chi connectivity index (χ1v) is 15.5. The highest BCUT2D eigenvalue weighted by Crippen LogP contribution is 2.31. The highest BCUT2D eigenvalue weighted by molar-refractivity contribution is 6.08. The second-order valence-corrected chi connectivity index (χ2v) is 12.9. The topological polar surface area (TPSA) is 121 Å². The summed E-state index contributed by atoms with van der Waals surface area (Å²) in [5.41, 5.74) is 13.4. The highest BCUT2D eigenvalue weighted by atomic mass is 16.2. The molecule has 4 N–H and O–H groups in total. The van der Waals surface area contributed by atoms with Crippen LogP contribution in [0.5, 0.6) is 0 Å². The van der Waals surface area contributed by atoms with Crippen LogP contribution in [0.3, 0.4) is 0 Å². The van der Waals surface area contributed by atoms with Gasteiger partial charge in [0.15, 0.2) is 11.5 Å². The summed E-state index contributed by atoms with van der Waals surface area (Å²) in [6.07, 6.45) is 5.51. The van der Waals surface area contributed by atoms with Crippen LogP contribution in [0, 0.1) is 6.92 Å². The first-order valence-electron chi connectivity index (χ1n) is 15.5. The van der Waals surface area contributed by atoms with Crippen molar-refractivity contribution < 1.29 is 9.59 Å². The van der Waals surface area contributed by atoms with Gasteiger partial charge in [0.1, 0.15) is 0 Å². The Morgan fingerprint density at radius 3 is 2.39 bits per heavy atom. The third-order valence-corrected chi connectivity index (χ3v) is 8.58. The van der Waals surface area contributed by atoms with E-state index in [2.05, 4.69) is 48.3 Å². The van der Waals surface area contributed by atoms with Crippen LogP contribution >= 0.6 is 0 Å². The summed E-state index contributed by atoms with van der Waals surface area (Å²) in [4.78, 5) is 39.9. The van der Waals surface area contributed by atoms with E-state index in [4.69, 9.17) is 10.7 Å². The number of fused-ring (bicyclic) bond motifs is 1. The molecule has 2 aromatic heterocycles. The molecule has 0 aliphatic carbocycles. The van der Waals surface area contributed by atoms with Crippen molar-refractivity contribution in [3.8, 4) is 11.3 Å². The Balaban J connectivity index is 1.24. The first kappa shape index (κ1) is 30.8. The number of carbonyl (C=O) groups excluding carboxylic acids is 2. The van der Waals surface area contributed by atoms with Gasteiger partial charge in [-0.1, -0.05) is 39.0 Å². The Kier molecular flexibility index (Phi) is 8.22. The summed E-state index contributed by atoms with van der Waals surface area (Å²) in [7, 11) is 2.07. The van der Waals surface area contributed by atoms with Crippen molar-refractivity contribution >= 4 is 40.3 Å². The number of nitrogen functional groups attached to an aromatic ring is 1. The molecular formula is C36H40N8O2. The Bertz CT molecular complexity index is 1920. The molecule has 1 saturated heterocycles. The molecule has 5 aromatic rings. The lowest BCUT2D eigenvalue weighted by atomic mass is 9.86. The number of anilines is 4. The number of nitrogens with two attached hydrogens (primary N) is 1. The summed E-state index contributed by atoms with van der Waals surface area (Å²) in [5.74, 6) is 0.344. The minimum absolute atomic E-state index is 0.0440. The molecule has 0 unspecified atom stereocenters. The molecule has 46 heavy (non-hydrogen) atoms. The van der Waals surface area contributed by atoms with Gasteiger partial charge >= 0.3 is 0 Å². The SMILES string of the molecule is Cc1c(NC(=O)c2ccc(C(C)(C)C)cc2N)cccc1-c1cn2ccnc2c(Nc2ccc(C(=O)N3CCN(C)CC3)cc2)n1. The Labute approximate surface area is 269 Å². The van der Waals surface area contributed by atoms with Gasteiger partial charge in [-0.25, -0.2) is 9.97 Å². The van der Waals surface area contributed by atoms with Gasteiger partial charge in [-0.2, -0.15) is 0 Å². The smallest absolute Gasteiger partial charge is 0.257 e. The zero-order chi connectivity index (χ0) is 32.6.